The van der Waals surface area contributed by atoms with E-state index in [2.05, 4.69) is 10.5 Å². The van der Waals surface area contributed by atoms with Gasteiger partial charge in [-0.1, -0.05) is 11.6 Å². The lowest BCUT2D eigenvalue weighted by Gasteiger charge is -2.14. The highest BCUT2D eigenvalue weighted by atomic mass is 32.2. The molecule has 0 aliphatic heterocycles. The van der Waals surface area contributed by atoms with Crippen molar-refractivity contribution in [2.75, 3.05) is 12.3 Å². The number of amides is 1. The first-order chi connectivity index (χ1) is 9.58. The van der Waals surface area contributed by atoms with E-state index in [0.717, 1.165) is 42.0 Å². The van der Waals surface area contributed by atoms with Crippen molar-refractivity contribution in [3.63, 3.8) is 0 Å². The first-order valence-corrected chi connectivity index (χ1v) is 8.17. The van der Waals surface area contributed by atoms with Gasteiger partial charge < -0.3 is 14.9 Å². The van der Waals surface area contributed by atoms with E-state index in [1.54, 1.807) is 11.8 Å². The maximum Gasteiger partial charge on any atom is 0.230 e. The summed E-state index contributed by atoms with van der Waals surface area (Å²) in [4.78, 5) is 11.8. The Morgan fingerprint density at radius 1 is 1.50 bits per heavy atom. The minimum Gasteiger partial charge on any atom is -0.393 e. The van der Waals surface area contributed by atoms with E-state index in [9.17, 15) is 9.90 Å². The van der Waals surface area contributed by atoms with Crippen LogP contribution in [0.25, 0.3) is 0 Å². The molecule has 1 aromatic rings. The number of carbonyl (C=O) groups excluding carboxylic acids is 1. The Morgan fingerprint density at radius 3 is 2.90 bits per heavy atom. The van der Waals surface area contributed by atoms with Crippen LogP contribution in [0.3, 0.4) is 0 Å². The van der Waals surface area contributed by atoms with Gasteiger partial charge in [0.1, 0.15) is 5.76 Å². The van der Waals surface area contributed by atoms with Crippen LogP contribution in [0, 0.1) is 19.8 Å². The molecule has 2 rings (SSSR count). The van der Waals surface area contributed by atoms with E-state index in [-0.39, 0.29) is 17.9 Å². The van der Waals surface area contributed by atoms with Crippen molar-refractivity contribution in [3.05, 3.63) is 17.0 Å². The molecule has 2 atom stereocenters. The van der Waals surface area contributed by atoms with Crippen molar-refractivity contribution < 1.29 is 14.4 Å². The Balaban J connectivity index is 1.65. The number of nitrogens with zero attached hydrogens (tertiary/aromatic N) is 1. The second kappa shape index (κ2) is 7.13. The van der Waals surface area contributed by atoms with Gasteiger partial charge in [0.15, 0.2) is 0 Å². The molecule has 0 aromatic carbocycles. The van der Waals surface area contributed by atoms with Crippen LogP contribution in [0.15, 0.2) is 4.52 Å². The first kappa shape index (κ1) is 15.4. The molecule has 1 heterocycles. The molecule has 0 bridgehead atoms. The molecule has 0 radical (unpaired) electrons. The molecular formula is C14H22N2O3S. The van der Waals surface area contributed by atoms with E-state index in [4.69, 9.17) is 4.52 Å². The maximum absolute atomic E-state index is 11.8. The number of aryl methyl sites for hydroxylation is 2. The van der Waals surface area contributed by atoms with Gasteiger partial charge >= 0.3 is 0 Å². The summed E-state index contributed by atoms with van der Waals surface area (Å²) < 4.78 is 5.09. The lowest BCUT2D eigenvalue weighted by atomic mass is 10.1. The van der Waals surface area contributed by atoms with Crippen LogP contribution in [0.1, 0.15) is 36.3 Å². The summed E-state index contributed by atoms with van der Waals surface area (Å²) in [6.07, 6.45) is 2.68. The molecule has 1 aliphatic rings. The molecule has 112 valence electrons. The quantitative estimate of drug-likeness (QED) is 0.837. The fraction of sp³-hybridized carbons (Fsp3) is 0.714. The normalized spacial score (nSPS) is 22.1. The van der Waals surface area contributed by atoms with Crippen LogP contribution in [-0.2, 0) is 10.5 Å². The first-order valence-electron chi connectivity index (χ1n) is 7.02. The van der Waals surface area contributed by atoms with Crippen LogP contribution < -0.4 is 5.32 Å². The average Bonchev–Trinajstić information content (AvgIpc) is 2.96. The molecule has 20 heavy (non-hydrogen) atoms. The van der Waals surface area contributed by atoms with E-state index in [1.807, 2.05) is 13.8 Å². The summed E-state index contributed by atoms with van der Waals surface area (Å²) in [5, 5.41) is 16.5. The summed E-state index contributed by atoms with van der Waals surface area (Å²) in [5.41, 5.74) is 1.97. The third kappa shape index (κ3) is 3.99. The zero-order chi connectivity index (χ0) is 14.5. The number of aliphatic hydroxyl groups excluding tert-OH is 1. The predicted molar refractivity (Wildman–Crippen MR) is 78.5 cm³/mol. The minimum atomic E-state index is -0.245. The van der Waals surface area contributed by atoms with Crippen LogP contribution >= 0.6 is 11.8 Å². The second-order valence-electron chi connectivity index (χ2n) is 5.36. The Kier molecular flexibility index (Phi) is 5.48. The molecule has 1 saturated carbocycles. The van der Waals surface area contributed by atoms with Gasteiger partial charge in [-0.25, -0.2) is 0 Å². The number of thioether (sulfide) groups is 1. The monoisotopic (exact) mass is 298 g/mol. The topological polar surface area (TPSA) is 75.4 Å². The molecule has 1 fully saturated rings. The summed E-state index contributed by atoms with van der Waals surface area (Å²) in [5.74, 6) is 2.24. The molecule has 5 nitrogen and oxygen atoms in total. The van der Waals surface area contributed by atoms with Gasteiger partial charge in [0, 0.05) is 23.8 Å². The number of hydrogen-bond acceptors (Lipinski definition) is 5. The highest BCUT2D eigenvalue weighted by Crippen LogP contribution is 2.24. The summed E-state index contributed by atoms with van der Waals surface area (Å²) in [7, 11) is 0. The fourth-order valence-corrected chi connectivity index (χ4v) is 3.51. The van der Waals surface area contributed by atoms with Gasteiger partial charge in [0.2, 0.25) is 5.91 Å². The SMILES string of the molecule is Cc1noc(C)c1CSCC(=O)NCC1CCCC1O. The zero-order valence-corrected chi connectivity index (χ0v) is 12.8. The number of nitrogens with one attached hydrogen (secondary N) is 1. The Morgan fingerprint density at radius 2 is 2.30 bits per heavy atom. The summed E-state index contributed by atoms with van der Waals surface area (Å²) in [6, 6.07) is 0. The molecule has 1 amide bonds. The maximum atomic E-state index is 11.8. The van der Waals surface area contributed by atoms with E-state index in [0.29, 0.717) is 12.3 Å². The van der Waals surface area contributed by atoms with Crippen molar-refractivity contribution in [2.45, 2.75) is 45.0 Å². The van der Waals surface area contributed by atoms with Gasteiger partial charge in [-0.15, -0.1) is 11.8 Å². The summed E-state index contributed by atoms with van der Waals surface area (Å²) >= 11 is 1.56. The standard InChI is InChI=1S/C14H22N2O3S/c1-9-12(10(2)19-16-9)7-20-8-14(18)15-6-11-4-3-5-13(11)17/h11,13,17H,3-8H2,1-2H3,(H,15,18). The minimum absolute atomic E-state index is 0.0286. The number of rotatable bonds is 6. The third-order valence-electron chi connectivity index (χ3n) is 3.84. The van der Waals surface area contributed by atoms with Crippen LogP contribution in [0.5, 0.6) is 0 Å². The van der Waals surface area contributed by atoms with Gasteiger partial charge in [-0.3, -0.25) is 4.79 Å². The Labute approximate surface area is 123 Å². The van der Waals surface area contributed by atoms with Gasteiger partial charge in [0.25, 0.3) is 0 Å². The zero-order valence-electron chi connectivity index (χ0n) is 12.0. The lowest BCUT2D eigenvalue weighted by molar-refractivity contribution is -0.118. The molecule has 0 spiro atoms. The van der Waals surface area contributed by atoms with E-state index in [1.165, 1.54) is 0 Å². The van der Waals surface area contributed by atoms with Crippen LogP contribution in [0.4, 0.5) is 0 Å². The molecule has 0 saturated heterocycles. The number of carbonyl (C=O) groups is 1. The van der Waals surface area contributed by atoms with Gasteiger partial charge in [-0.05, 0) is 26.7 Å². The number of aliphatic hydroxyl groups is 1. The van der Waals surface area contributed by atoms with Crippen molar-refractivity contribution in [3.8, 4) is 0 Å². The fourth-order valence-electron chi connectivity index (χ4n) is 2.51. The van der Waals surface area contributed by atoms with Crippen molar-refractivity contribution in [1.82, 2.24) is 10.5 Å². The van der Waals surface area contributed by atoms with E-state index >= 15 is 0 Å². The predicted octanol–water partition coefficient (Wildman–Crippen LogP) is 1.80. The Hall–Kier alpha value is -1.01. The van der Waals surface area contributed by atoms with Crippen molar-refractivity contribution in [1.29, 1.82) is 0 Å². The third-order valence-corrected chi connectivity index (χ3v) is 4.80. The molecular weight excluding hydrogens is 276 g/mol. The largest absolute Gasteiger partial charge is 0.393 e. The highest BCUT2D eigenvalue weighted by molar-refractivity contribution is 7.99. The average molecular weight is 298 g/mol. The van der Waals surface area contributed by atoms with Gasteiger partial charge in [-0.2, -0.15) is 0 Å². The molecule has 2 unspecified atom stereocenters. The van der Waals surface area contributed by atoms with Gasteiger partial charge in [0.05, 0.1) is 17.6 Å². The molecule has 1 aliphatic carbocycles. The summed E-state index contributed by atoms with van der Waals surface area (Å²) in [6.45, 7) is 4.39. The molecule has 2 N–H and O–H groups in total. The highest BCUT2D eigenvalue weighted by Gasteiger charge is 2.25. The number of aromatic nitrogens is 1. The molecule has 1 aromatic heterocycles. The second-order valence-corrected chi connectivity index (χ2v) is 6.34. The Bertz CT molecular complexity index is 442. The lowest BCUT2D eigenvalue weighted by Crippen LogP contribution is -2.33. The smallest absolute Gasteiger partial charge is 0.230 e. The van der Waals surface area contributed by atoms with E-state index < -0.39 is 0 Å². The van der Waals surface area contributed by atoms with Crippen LogP contribution in [-0.4, -0.2) is 34.6 Å². The molecule has 6 heteroatoms. The number of hydrogen-bond donors (Lipinski definition) is 2. The van der Waals surface area contributed by atoms with Crippen molar-refractivity contribution in [2.24, 2.45) is 5.92 Å². The van der Waals surface area contributed by atoms with Crippen molar-refractivity contribution >= 4 is 17.7 Å². The van der Waals surface area contributed by atoms with Crippen LogP contribution in [0.2, 0.25) is 0 Å².